The topological polar surface area (TPSA) is 77.9 Å². The molecule has 1 amide bonds. The molecule has 0 bridgehead atoms. The number of halogens is 1. The molecule has 7 nitrogen and oxygen atoms in total. The second kappa shape index (κ2) is 8.51. The monoisotopic (exact) mass is 368 g/mol. The SMILES string of the molecule is O=C(CCn1c(=O)oc2ccc(Cl)cc21)NCCC[NH+]1CCOCC1. The van der Waals surface area contributed by atoms with E-state index >= 15 is 0 Å². The summed E-state index contributed by atoms with van der Waals surface area (Å²) in [6, 6.07) is 4.99. The van der Waals surface area contributed by atoms with Crippen LogP contribution in [0.15, 0.2) is 27.4 Å². The van der Waals surface area contributed by atoms with Crippen molar-refractivity contribution in [3.8, 4) is 0 Å². The van der Waals surface area contributed by atoms with Gasteiger partial charge >= 0.3 is 5.76 Å². The first-order chi connectivity index (χ1) is 12.1. The molecule has 0 unspecified atom stereocenters. The summed E-state index contributed by atoms with van der Waals surface area (Å²) in [5, 5.41) is 3.43. The molecule has 2 aromatic rings. The third-order valence-electron chi connectivity index (χ3n) is 4.42. The lowest BCUT2D eigenvalue weighted by atomic mass is 10.3. The van der Waals surface area contributed by atoms with Gasteiger partial charge in [0.1, 0.15) is 13.1 Å². The Balaban J connectivity index is 1.44. The number of amides is 1. The highest BCUT2D eigenvalue weighted by Crippen LogP contribution is 2.18. The normalized spacial score (nSPS) is 15.6. The molecule has 1 aromatic carbocycles. The van der Waals surface area contributed by atoms with E-state index in [0.717, 1.165) is 39.3 Å². The predicted molar refractivity (Wildman–Crippen MR) is 94.1 cm³/mol. The fourth-order valence-corrected chi connectivity index (χ4v) is 3.19. The van der Waals surface area contributed by atoms with Gasteiger partial charge in [-0.25, -0.2) is 4.79 Å². The third kappa shape index (κ3) is 4.84. The highest BCUT2D eigenvalue weighted by Gasteiger charge is 2.14. The molecule has 136 valence electrons. The van der Waals surface area contributed by atoms with Crippen LogP contribution >= 0.6 is 11.6 Å². The Morgan fingerprint density at radius 2 is 2.12 bits per heavy atom. The van der Waals surface area contributed by atoms with Gasteiger partial charge in [-0.05, 0) is 18.2 Å². The second-order valence-electron chi connectivity index (χ2n) is 6.20. The highest BCUT2D eigenvalue weighted by molar-refractivity contribution is 6.31. The van der Waals surface area contributed by atoms with Crippen molar-refractivity contribution in [2.75, 3.05) is 39.4 Å². The van der Waals surface area contributed by atoms with Gasteiger partial charge < -0.3 is 19.4 Å². The lowest BCUT2D eigenvalue weighted by Gasteiger charge is -2.23. The molecule has 1 aliphatic rings. The van der Waals surface area contributed by atoms with Gasteiger partial charge in [-0.3, -0.25) is 9.36 Å². The van der Waals surface area contributed by atoms with Crippen LogP contribution in [0.2, 0.25) is 5.02 Å². The first-order valence-electron chi connectivity index (χ1n) is 8.60. The molecule has 0 spiro atoms. The summed E-state index contributed by atoms with van der Waals surface area (Å²) in [6.07, 6.45) is 1.16. The number of carbonyl (C=O) groups is 1. The molecule has 0 radical (unpaired) electrons. The van der Waals surface area contributed by atoms with E-state index in [1.165, 1.54) is 9.47 Å². The first-order valence-corrected chi connectivity index (χ1v) is 8.98. The number of ether oxygens (including phenoxy) is 1. The quantitative estimate of drug-likeness (QED) is 0.677. The number of nitrogens with one attached hydrogen (secondary N) is 2. The second-order valence-corrected chi connectivity index (χ2v) is 6.63. The van der Waals surface area contributed by atoms with Crippen LogP contribution < -0.4 is 16.0 Å². The lowest BCUT2D eigenvalue weighted by molar-refractivity contribution is -0.908. The van der Waals surface area contributed by atoms with Crippen LogP contribution in [0.3, 0.4) is 0 Å². The average molecular weight is 369 g/mol. The molecule has 1 fully saturated rings. The van der Waals surface area contributed by atoms with E-state index in [1.54, 1.807) is 18.2 Å². The van der Waals surface area contributed by atoms with Gasteiger partial charge in [0.25, 0.3) is 0 Å². The molecule has 1 saturated heterocycles. The molecule has 0 saturated carbocycles. The van der Waals surface area contributed by atoms with E-state index < -0.39 is 5.76 Å². The largest absolute Gasteiger partial charge is 0.419 e. The first kappa shape index (κ1) is 18.0. The van der Waals surface area contributed by atoms with E-state index in [1.807, 2.05) is 0 Å². The van der Waals surface area contributed by atoms with E-state index in [9.17, 15) is 9.59 Å². The van der Waals surface area contributed by atoms with Gasteiger partial charge in [-0.2, -0.15) is 0 Å². The fourth-order valence-electron chi connectivity index (χ4n) is 3.03. The average Bonchev–Trinajstić information content (AvgIpc) is 2.92. The highest BCUT2D eigenvalue weighted by atomic mass is 35.5. The molecule has 3 rings (SSSR count). The summed E-state index contributed by atoms with van der Waals surface area (Å²) in [5.41, 5.74) is 1.09. The Morgan fingerprint density at radius 1 is 1.32 bits per heavy atom. The third-order valence-corrected chi connectivity index (χ3v) is 4.66. The van der Waals surface area contributed by atoms with Crippen molar-refractivity contribution in [2.24, 2.45) is 0 Å². The molecule has 25 heavy (non-hydrogen) atoms. The lowest BCUT2D eigenvalue weighted by Crippen LogP contribution is -3.14. The Kier molecular flexibility index (Phi) is 6.12. The van der Waals surface area contributed by atoms with Crippen molar-refractivity contribution >= 4 is 28.6 Å². The maximum Gasteiger partial charge on any atom is 0.419 e. The number of morpholine rings is 1. The number of nitrogens with zero attached hydrogens (tertiary/aromatic N) is 1. The predicted octanol–water partition coefficient (Wildman–Crippen LogP) is 0.0594. The minimum absolute atomic E-state index is 0.0692. The van der Waals surface area contributed by atoms with Crippen molar-refractivity contribution < 1.29 is 18.8 Å². The van der Waals surface area contributed by atoms with Crippen molar-refractivity contribution in [1.82, 2.24) is 9.88 Å². The minimum atomic E-state index is -0.471. The Labute approximate surface area is 150 Å². The fraction of sp³-hybridized carbons (Fsp3) is 0.529. The molecule has 8 heteroatoms. The smallest absolute Gasteiger partial charge is 0.408 e. The number of benzene rings is 1. The molecule has 2 N–H and O–H groups in total. The van der Waals surface area contributed by atoms with Gasteiger partial charge in [0.15, 0.2) is 5.58 Å². The Bertz CT molecular complexity index is 780. The summed E-state index contributed by atoms with van der Waals surface area (Å²) in [4.78, 5) is 25.4. The van der Waals surface area contributed by atoms with Crippen molar-refractivity contribution in [2.45, 2.75) is 19.4 Å². The summed E-state index contributed by atoms with van der Waals surface area (Å²) in [5.74, 6) is -0.541. The van der Waals surface area contributed by atoms with Crippen LogP contribution in [0.25, 0.3) is 11.1 Å². The van der Waals surface area contributed by atoms with Crippen LogP contribution in [0.4, 0.5) is 0 Å². The van der Waals surface area contributed by atoms with Crippen LogP contribution in [0.1, 0.15) is 12.8 Å². The standard InChI is InChI=1S/C17H22ClN3O4/c18-13-2-3-15-14(12-13)21(17(23)25-15)7-4-16(22)19-5-1-6-20-8-10-24-11-9-20/h2-3,12H,1,4-11H2,(H,19,22)/p+1. The van der Waals surface area contributed by atoms with E-state index in [4.69, 9.17) is 20.8 Å². The number of quaternary nitrogens is 1. The molecule has 0 aliphatic carbocycles. The van der Waals surface area contributed by atoms with Gasteiger partial charge in [0.05, 0.1) is 25.3 Å². The molecule has 1 aromatic heterocycles. The van der Waals surface area contributed by atoms with Crippen molar-refractivity contribution in [3.05, 3.63) is 33.8 Å². The molecular weight excluding hydrogens is 346 g/mol. The zero-order chi connectivity index (χ0) is 17.6. The number of oxazole rings is 1. The minimum Gasteiger partial charge on any atom is -0.408 e. The number of hydrogen-bond donors (Lipinski definition) is 2. The summed E-state index contributed by atoms with van der Waals surface area (Å²) in [7, 11) is 0. The molecular formula is C17H23ClN3O4+. The summed E-state index contributed by atoms with van der Waals surface area (Å²) >= 11 is 5.96. The number of rotatable bonds is 7. The van der Waals surface area contributed by atoms with Crippen molar-refractivity contribution in [3.63, 3.8) is 0 Å². The zero-order valence-electron chi connectivity index (χ0n) is 14.1. The van der Waals surface area contributed by atoms with Crippen LogP contribution in [-0.2, 0) is 16.1 Å². The number of aryl methyl sites for hydroxylation is 1. The van der Waals surface area contributed by atoms with Gasteiger partial charge in [-0.1, -0.05) is 11.6 Å². The van der Waals surface area contributed by atoms with Crippen molar-refractivity contribution in [1.29, 1.82) is 0 Å². The summed E-state index contributed by atoms with van der Waals surface area (Å²) in [6.45, 7) is 5.66. The van der Waals surface area contributed by atoms with Gasteiger partial charge in [-0.15, -0.1) is 0 Å². The van der Waals surface area contributed by atoms with Crippen LogP contribution in [0, 0.1) is 0 Å². The zero-order valence-corrected chi connectivity index (χ0v) is 14.8. The van der Waals surface area contributed by atoms with Crippen LogP contribution in [-0.4, -0.2) is 49.9 Å². The van der Waals surface area contributed by atoms with Crippen LogP contribution in [0.5, 0.6) is 0 Å². The van der Waals surface area contributed by atoms with E-state index in [-0.39, 0.29) is 18.9 Å². The summed E-state index contributed by atoms with van der Waals surface area (Å²) < 4.78 is 11.9. The van der Waals surface area contributed by atoms with Gasteiger partial charge in [0, 0.05) is 31.0 Å². The van der Waals surface area contributed by atoms with Gasteiger partial charge in [0.2, 0.25) is 5.91 Å². The molecule has 2 heterocycles. The molecule has 0 atom stereocenters. The van der Waals surface area contributed by atoms with E-state index in [2.05, 4.69) is 5.32 Å². The van der Waals surface area contributed by atoms with E-state index in [0.29, 0.717) is 22.7 Å². The number of hydrogen-bond acceptors (Lipinski definition) is 4. The number of fused-ring (bicyclic) bond motifs is 1. The Morgan fingerprint density at radius 3 is 2.92 bits per heavy atom. The molecule has 1 aliphatic heterocycles. The maximum absolute atomic E-state index is 12.0. The number of carbonyl (C=O) groups excluding carboxylic acids is 1. The number of aromatic nitrogens is 1. The Hall–Kier alpha value is -1.83. The maximum atomic E-state index is 12.0.